The van der Waals surface area contributed by atoms with Crippen molar-refractivity contribution in [3.8, 4) is 0 Å². The standard InChI is InChI=1S/C14H18F3N/c15-14(16,17)13-5-1-3-11(9-13)6-7-12-4-2-8-18-10-12/h1,3,5,9,12,18H,2,4,6-8,10H2/t12-/m1/s1. The predicted molar refractivity (Wildman–Crippen MR) is 65.4 cm³/mol. The Hall–Kier alpha value is -1.03. The van der Waals surface area contributed by atoms with Crippen LogP contribution in [0.1, 0.15) is 30.4 Å². The van der Waals surface area contributed by atoms with E-state index in [1.165, 1.54) is 25.0 Å². The predicted octanol–water partition coefficient (Wildman–Crippen LogP) is 3.64. The molecule has 2 rings (SSSR count). The maximum absolute atomic E-state index is 12.6. The molecular weight excluding hydrogens is 239 g/mol. The Morgan fingerprint density at radius 1 is 1.28 bits per heavy atom. The van der Waals surface area contributed by atoms with Crippen molar-refractivity contribution in [1.29, 1.82) is 0 Å². The minimum atomic E-state index is -4.23. The summed E-state index contributed by atoms with van der Waals surface area (Å²) in [7, 11) is 0. The van der Waals surface area contributed by atoms with Crippen LogP contribution in [0.3, 0.4) is 0 Å². The van der Waals surface area contributed by atoms with Gasteiger partial charge in [0.25, 0.3) is 0 Å². The van der Waals surface area contributed by atoms with Gasteiger partial charge in [-0.3, -0.25) is 0 Å². The Bertz CT molecular complexity index is 381. The van der Waals surface area contributed by atoms with Crippen molar-refractivity contribution in [3.63, 3.8) is 0 Å². The highest BCUT2D eigenvalue weighted by Crippen LogP contribution is 2.30. The second kappa shape index (κ2) is 5.74. The third-order valence-corrected chi connectivity index (χ3v) is 3.49. The summed E-state index contributed by atoms with van der Waals surface area (Å²) in [5.41, 5.74) is 0.247. The maximum atomic E-state index is 12.6. The molecule has 0 bridgehead atoms. The molecule has 0 aromatic heterocycles. The van der Waals surface area contributed by atoms with Crippen LogP contribution in [-0.4, -0.2) is 13.1 Å². The van der Waals surface area contributed by atoms with E-state index in [-0.39, 0.29) is 0 Å². The van der Waals surface area contributed by atoms with Crippen molar-refractivity contribution in [3.05, 3.63) is 35.4 Å². The molecule has 18 heavy (non-hydrogen) atoms. The summed E-state index contributed by atoms with van der Waals surface area (Å²) < 4.78 is 37.7. The van der Waals surface area contributed by atoms with E-state index in [9.17, 15) is 13.2 Å². The molecule has 0 amide bonds. The molecule has 0 aliphatic carbocycles. The highest BCUT2D eigenvalue weighted by molar-refractivity contribution is 5.25. The molecule has 1 fully saturated rings. The summed E-state index contributed by atoms with van der Waals surface area (Å²) >= 11 is 0. The largest absolute Gasteiger partial charge is 0.416 e. The van der Waals surface area contributed by atoms with Gasteiger partial charge in [-0.1, -0.05) is 18.2 Å². The van der Waals surface area contributed by atoms with Gasteiger partial charge < -0.3 is 5.32 Å². The Labute approximate surface area is 105 Å². The van der Waals surface area contributed by atoms with Gasteiger partial charge in [0, 0.05) is 0 Å². The molecule has 1 aromatic rings. The third kappa shape index (κ3) is 3.73. The van der Waals surface area contributed by atoms with Crippen LogP contribution < -0.4 is 5.32 Å². The van der Waals surface area contributed by atoms with Crippen molar-refractivity contribution in [2.24, 2.45) is 5.92 Å². The molecule has 1 nitrogen and oxygen atoms in total. The van der Waals surface area contributed by atoms with E-state index in [1.807, 2.05) is 0 Å². The summed E-state index contributed by atoms with van der Waals surface area (Å²) in [6, 6.07) is 5.69. The normalized spacial score (nSPS) is 20.9. The first-order valence-electron chi connectivity index (χ1n) is 6.42. The van der Waals surface area contributed by atoms with Crippen LogP contribution in [0.5, 0.6) is 0 Å². The molecule has 1 atom stereocenters. The molecule has 0 unspecified atom stereocenters. The first kappa shape index (κ1) is 13.4. The fraction of sp³-hybridized carbons (Fsp3) is 0.571. The number of benzene rings is 1. The molecule has 4 heteroatoms. The van der Waals surface area contributed by atoms with Gasteiger partial charge in [0.2, 0.25) is 0 Å². The van der Waals surface area contributed by atoms with E-state index < -0.39 is 11.7 Å². The molecule has 0 spiro atoms. The minimum absolute atomic E-state index is 0.540. The second-order valence-electron chi connectivity index (χ2n) is 4.95. The summed E-state index contributed by atoms with van der Waals surface area (Å²) in [6.07, 6.45) is -0.174. The van der Waals surface area contributed by atoms with E-state index in [4.69, 9.17) is 0 Å². The Morgan fingerprint density at radius 2 is 2.11 bits per heavy atom. The summed E-state index contributed by atoms with van der Waals surface area (Å²) in [4.78, 5) is 0. The van der Waals surface area contributed by atoms with Crippen molar-refractivity contribution < 1.29 is 13.2 Å². The first-order chi connectivity index (χ1) is 8.55. The monoisotopic (exact) mass is 257 g/mol. The van der Waals surface area contributed by atoms with Crippen LogP contribution in [0.2, 0.25) is 0 Å². The molecule has 100 valence electrons. The molecule has 1 saturated heterocycles. The number of nitrogens with one attached hydrogen (secondary N) is 1. The molecule has 1 aliphatic rings. The highest BCUT2D eigenvalue weighted by atomic mass is 19.4. The zero-order valence-corrected chi connectivity index (χ0v) is 10.3. The zero-order valence-electron chi connectivity index (χ0n) is 10.3. The minimum Gasteiger partial charge on any atom is -0.316 e. The Morgan fingerprint density at radius 3 is 2.78 bits per heavy atom. The number of alkyl halides is 3. The molecule has 1 heterocycles. The lowest BCUT2D eigenvalue weighted by molar-refractivity contribution is -0.137. The molecule has 1 aliphatic heterocycles. The van der Waals surface area contributed by atoms with Gasteiger partial charge in [-0.25, -0.2) is 0 Å². The summed E-state index contributed by atoms with van der Waals surface area (Å²) in [5, 5.41) is 3.33. The summed E-state index contributed by atoms with van der Waals surface area (Å²) in [6.45, 7) is 2.07. The SMILES string of the molecule is FC(F)(F)c1cccc(CC[C@H]2CCCNC2)c1. The van der Waals surface area contributed by atoms with Gasteiger partial charge in [-0.05, 0) is 56.3 Å². The number of hydrogen-bond acceptors (Lipinski definition) is 1. The molecule has 0 radical (unpaired) electrons. The van der Waals surface area contributed by atoms with Crippen LogP contribution >= 0.6 is 0 Å². The number of aryl methyl sites for hydroxylation is 1. The van der Waals surface area contributed by atoms with Crippen molar-refractivity contribution in [2.75, 3.05) is 13.1 Å². The van der Waals surface area contributed by atoms with Crippen LogP contribution in [0, 0.1) is 5.92 Å². The second-order valence-corrected chi connectivity index (χ2v) is 4.95. The van der Waals surface area contributed by atoms with Crippen LogP contribution in [0.25, 0.3) is 0 Å². The molecule has 1 aromatic carbocycles. The zero-order chi connectivity index (χ0) is 13.0. The van der Waals surface area contributed by atoms with E-state index >= 15 is 0 Å². The number of hydrogen-bond donors (Lipinski definition) is 1. The van der Waals surface area contributed by atoms with Gasteiger partial charge in [0.15, 0.2) is 0 Å². The summed E-state index contributed by atoms with van der Waals surface area (Å²) in [5.74, 6) is 0.605. The topological polar surface area (TPSA) is 12.0 Å². The van der Waals surface area contributed by atoms with Crippen molar-refractivity contribution in [1.82, 2.24) is 5.32 Å². The number of piperidine rings is 1. The van der Waals surface area contributed by atoms with Gasteiger partial charge in [0.1, 0.15) is 0 Å². The molecular formula is C14H18F3N. The molecule has 0 saturated carbocycles. The third-order valence-electron chi connectivity index (χ3n) is 3.49. The Balaban J connectivity index is 1.92. The van der Waals surface area contributed by atoms with E-state index in [0.717, 1.165) is 37.6 Å². The first-order valence-corrected chi connectivity index (χ1v) is 6.42. The fourth-order valence-corrected chi connectivity index (χ4v) is 2.44. The van der Waals surface area contributed by atoms with Crippen LogP contribution in [0.4, 0.5) is 13.2 Å². The lowest BCUT2D eigenvalue weighted by Gasteiger charge is -2.22. The van der Waals surface area contributed by atoms with Crippen LogP contribution in [0.15, 0.2) is 24.3 Å². The lowest BCUT2D eigenvalue weighted by Crippen LogP contribution is -2.29. The van der Waals surface area contributed by atoms with E-state index in [2.05, 4.69) is 5.32 Å². The lowest BCUT2D eigenvalue weighted by atomic mass is 9.92. The van der Waals surface area contributed by atoms with Crippen LogP contribution in [-0.2, 0) is 12.6 Å². The average Bonchev–Trinajstić information content (AvgIpc) is 2.37. The quantitative estimate of drug-likeness (QED) is 0.871. The smallest absolute Gasteiger partial charge is 0.316 e. The van der Waals surface area contributed by atoms with Gasteiger partial charge in [-0.2, -0.15) is 13.2 Å². The molecule has 1 N–H and O–H groups in total. The van der Waals surface area contributed by atoms with Crippen molar-refractivity contribution in [2.45, 2.75) is 31.9 Å². The highest BCUT2D eigenvalue weighted by Gasteiger charge is 2.30. The van der Waals surface area contributed by atoms with E-state index in [1.54, 1.807) is 6.07 Å². The maximum Gasteiger partial charge on any atom is 0.416 e. The van der Waals surface area contributed by atoms with Gasteiger partial charge >= 0.3 is 6.18 Å². The fourth-order valence-electron chi connectivity index (χ4n) is 2.44. The average molecular weight is 257 g/mol. The van der Waals surface area contributed by atoms with Crippen molar-refractivity contribution >= 4 is 0 Å². The number of halogens is 3. The Kier molecular flexibility index (Phi) is 4.27. The van der Waals surface area contributed by atoms with E-state index in [0.29, 0.717) is 5.92 Å². The number of rotatable bonds is 3. The van der Waals surface area contributed by atoms with Gasteiger partial charge in [-0.15, -0.1) is 0 Å². The van der Waals surface area contributed by atoms with Gasteiger partial charge in [0.05, 0.1) is 5.56 Å².